The molecule has 0 radical (unpaired) electrons. The molecule has 1 aliphatic heterocycles. The molecular formula is C28H26N4O4S. The number of hydrogen-bond acceptors (Lipinski definition) is 6. The van der Waals surface area contributed by atoms with Crippen molar-refractivity contribution in [1.29, 1.82) is 0 Å². The zero-order valence-corrected chi connectivity index (χ0v) is 21.0. The van der Waals surface area contributed by atoms with E-state index < -0.39 is 33.1 Å². The third-order valence-electron chi connectivity index (χ3n) is 6.68. The molecule has 188 valence electrons. The van der Waals surface area contributed by atoms with E-state index in [0.717, 1.165) is 11.8 Å². The SMILES string of the molecule is CS(=O)(=O)C1[C@@H](c2ccccc2)[C@H](NC(=O)c2ccccc2)CCN1C(=O)c1ccc2nccnc2c1. The Morgan fingerprint density at radius 2 is 1.51 bits per heavy atom. The second-order valence-electron chi connectivity index (χ2n) is 9.15. The van der Waals surface area contributed by atoms with Gasteiger partial charge in [-0.05, 0) is 42.3 Å². The summed E-state index contributed by atoms with van der Waals surface area (Å²) >= 11 is 0. The number of sulfone groups is 1. The first-order valence-electron chi connectivity index (χ1n) is 11.9. The number of benzene rings is 3. The molecule has 4 aromatic rings. The van der Waals surface area contributed by atoms with Gasteiger partial charge in [0.2, 0.25) is 0 Å². The molecule has 1 unspecified atom stereocenters. The van der Waals surface area contributed by atoms with Crippen LogP contribution in [0.25, 0.3) is 11.0 Å². The summed E-state index contributed by atoms with van der Waals surface area (Å²) < 4.78 is 26.6. The van der Waals surface area contributed by atoms with E-state index in [1.807, 2.05) is 36.4 Å². The van der Waals surface area contributed by atoms with Crippen molar-refractivity contribution in [2.45, 2.75) is 23.8 Å². The summed E-state index contributed by atoms with van der Waals surface area (Å²) in [6, 6.07) is 22.4. The third kappa shape index (κ3) is 5.08. The number of carbonyl (C=O) groups excluding carboxylic acids is 2. The van der Waals surface area contributed by atoms with E-state index in [0.29, 0.717) is 28.6 Å². The van der Waals surface area contributed by atoms with E-state index in [-0.39, 0.29) is 12.5 Å². The van der Waals surface area contributed by atoms with Crippen LogP contribution < -0.4 is 5.32 Å². The average Bonchev–Trinajstić information content (AvgIpc) is 2.92. The zero-order valence-electron chi connectivity index (χ0n) is 20.2. The van der Waals surface area contributed by atoms with Gasteiger partial charge in [0.25, 0.3) is 11.8 Å². The first-order chi connectivity index (χ1) is 17.8. The maximum absolute atomic E-state index is 13.8. The minimum Gasteiger partial charge on any atom is -0.349 e. The van der Waals surface area contributed by atoms with Gasteiger partial charge >= 0.3 is 0 Å². The van der Waals surface area contributed by atoms with Gasteiger partial charge in [0.1, 0.15) is 5.37 Å². The molecule has 1 N–H and O–H groups in total. The Hall–Kier alpha value is -4.11. The lowest BCUT2D eigenvalue weighted by Gasteiger charge is -2.45. The molecule has 1 fully saturated rings. The van der Waals surface area contributed by atoms with Crippen LogP contribution in [0.4, 0.5) is 0 Å². The molecule has 1 aromatic heterocycles. The Morgan fingerprint density at radius 3 is 2.19 bits per heavy atom. The molecule has 1 aliphatic rings. The highest BCUT2D eigenvalue weighted by Crippen LogP contribution is 2.37. The molecule has 0 bridgehead atoms. The normalized spacial score (nSPS) is 19.9. The van der Waals surface area contributed by atoms with Gasteiger partial charge in [-0.1, -0.05) is 48.5 Å². The molecule has 8 nitrogen and oxygen atoms in total. The Bertz CT molecular complexity index is 1540. The maximum atomic E-state index is 13.8. The minimum absolute atomic E-state index is 0.165. The Balaban J connectivity index is 1.54. The quantitative estimate of drug-likeness (QED) is 0.437. The fourth-order valence-corrected chi connectivity index (χ4v) is 6.57. The second kappa shape index (κ2) is 10.1. The number of rotatable bonds is 5. The van der Waals surface area contributed by atoms with Crippen LogP contribution in [-0.4, -0.2) is 59.3 Å². The summed E-state index contributed by atoms with van der Waals surface area (Å²) in [6.07, 6.45) is 4.65. The van der Waals surface area contributed by atoms with Gasteiger partial charge in [-0.2, -0.15) is 0 Å². The van der Waals surface area contributed by atoms with Gasteiger partial charge in [-0.25, -0.2) is 8.42 Å². The first-order valence-corrected chi connectivity index (χ1v) is 13.9. The predicted molar refractivity (Wildman–Crippen MR) is 141 cm³/mol. The van der Waals surface area contributed by atoms with Crippen molar-refractivity contribution in [3.05, 3.63) is 108 Å². The average molecular weight is 515 g/mol. The van der Waals surface area contributed by atoms with Crippen LogP contribution in [-0.2, 0) is 9.84 Å². The van der Waals surface area contributed by atoms with Crippen molar-refractivity contribution in [2.75, 3.05) is 12.8 Å². The Morgan fingerprint density at radius 1 is 0.865 bits per heavy atom. The van der Waals surface area contributed by atoms with Gasteiger partial charge in [0.15, 0.2) is 9.84 Å². The lowest BCUT2D eigenvalue weighted by Crippen LogP contribution is -2.59. The van der Waals surface area contributed by atoms with E-state index in [1.165, 1.54) is 4.90 Å². The van der Waals surface area contributed by atoms with Crippen molar-refractivity contribution in [2.24, 2.45) is 0 Å². The van der Waals surface area contributed by atoms with Crippen molar-refractivity contribution < 1.29 is 18.0 Å². The summed E-state index contributed by atoms with van der Waals surface area (Å²) in [5.74, 6) is -1.36. The smallest absolute Gasteiger partial charge is 0.255 e. The van der Waals surface area contributed by atoms with Crippen molar-refractivity contribution in [3.8, 4) is 0 Å². The van der Waals surface area contributed by atoms with Crippen LogP contribution in [0.1, 0.15) is 38.6 Å². The highest BCUT2D eigenvalue weighted by Gasteiger charge is 2.47. The highest BCUT2D eigenvalue weighted by molar-refractivity contribution is 7.91. The number of nitrogens with one attached hydrogen (secondary N) is 1. The van der Waals surface area contributed by atoms with Crippen LogP contribution in [0, 0.1) is 0 Å². The molecule has 2 amide bonds. The van der Waals surface area contributed by atoms with Crippen molar-refractivity contribution in [1.82, 2.24) is 20.2 Å². The van der Waals surface area contributed by atoms with Crippen LogP contribution in [0.15, 0.2) is 91.3 Å². The maximum Gasteiger partial charge on any atom is 0.255 e. The second-order valence-corrected chi connectivity index (χ2v) is 11.3. The number of nitrogens with zero attached hydrogens (tertiary/aromatic N) is 3. The summed E-state index contributed by atoms with van der Waals surface area (Å²) in [7, 11) is -3.78. The van der Waals surface area contributed by atoms with Gasteiger partial charge in [-0.3, -0.25) is 19.6 Å². The van der Waals surface area contributed by atoms with Gasteiger partial charge in [0, 0.05) is 48.3 Å². The standard InChI is InChI=1S/C28H26N4O4S/c1-37(35,36)28-25(19-8-4-2-5-9-19)23(31-26(33)20-10-6-3-7-11-20)14-17-32(28)27(34)21-12-13-22-24(18-21)30-16-15-29-22/h2-13,15-16,18,23,25,28H,14,17H2,1H3,(H,31,33)/t23-,25+,28?/m1/s1. The Labute approximate surface area is 215 Å². The lowest BCUT2D eigenvalue weighted by molar-refractivity contribution is 0.0623. The Kier molecular flexibility index (Phi) is 6.71. The summed E-state index contributed by atoms with van der Waals surface area (Å²) in [6.45, 7) is 0.165. The number of aromatic nitrogens is 2. The van der Waals surface area contributed by atoms with Crippen molar-refractivity contribution in [3.63, 3.8) is 0 Å². The molecule has 1 saturated heterocycles. The number of hydrogen-bond donors (Lipinski definition) is 1. The molecule has 3 aromatic carbocycles. The summed E-state index contributed by atoms with van der Waals surface area (Å²) in [5, 5.41) is 1.88. The minimum atomic E-state index is -3.78. The molecule has 0 saturated carbocycles. The molecule has 3 atom stereocenters. The molecular weight excluding hydrogens is 488 g/mol. The molecule has 0 spiro atoms. The molecule has 9 heteroatoms. The molecule has 2 heterocycles. The largest absolute Gasteiger partial charge is 0.349 e. The molecule has 0 aliphatic carbocycles. The number of fused-ring (bicyclic) bond motifs is 1. The predicted octanol–water partition coefficient (Wildman–Crippen LogP) is 3.43. The zero-order chi connectivity index (χ0) is 26.0. The number of amides is 2. The van der Waals surface area contributed by atoms with Crippen LogP contribution in [0.3, 0.4) is 0 Å². The van der Waals surface area contributed by atoms with Crippen LogP contribution in [0.2, 0.25) is 0 Å². The van der Waals surface area contributed by atoms with E-state index in [2.05, 4.69) is 15.3 Å². The van der Waals surface area contributed by atoms with Crippen LogP contribution in [0.5, 0.6) is 0 Å². The number of piperidine rings is 1. The van der Waals surface area contributed by atoms with Gasteiger partial charge < -0.3 is 10.2 Å². The monoisotopic (exact) mass is 514 g/mol. The van der Waals surface area contributed by atoms with E-state index in [1.54, 1.807) is 54.9 Å². The fraction of sp³-hybridized carbons (Fsp3) is 0.214. The third-order valence-corrected chi connectivity index (χ3v) is 8.11. The first kappa shape index (κ1) is 24.6. The number of carbonyl (C=O) groups is 2. The molecule has 5 rings (SSSR count). The lowest BCUT2D eigenvalue weighted by atomic mass is 9.85. The van der Waals surface area contributed by atoms with Crippen LogP contribution >= 0.6 is 0 Å². The molecule has 37 heavy (non-hydrogen) atoms. The van der Waals surface area contributed by atoms with Gasteiger partial charge in [-0.15, -0.1) is 0 Å². The highest BCUT2D eigenvalue weighted by atomic mass is 32.2. The van der Waals surface area contributed by atoms with Gasteiger partial charge in [0.05, 0.1) is 11.0 Å². The van der Waals surface area contributed by atoms with E-state index >= 15 is 0 Å². The summed E-state index contributed by atoms with van der Waals surface area (Å²) in [4.78, 5) is 36.7. The fourth-order valence-electron chi connectivity index (χ4n) is 5.03. The summed E-state index contributed by atoms with van der Waals surface area (Å²) in [5.41, 5.74) is 2.75. The van der Waals surface area contributed by atoms with Crippen molar-refractivity contribution >= 4 is 32.7 Å². The van der Waals surface area contributed by atoms with E-state index in [9.17, 15) is 18.0 Å². The van der Waals surface area contributed by atoms with E-state index in [4.69, 9.17) is 0 Å². The topological polar surface area (TPSA) is 109 Å². The number of likely N-dealkylation sites (tertiary alicyclic amines) is 1.